The summed E-state index contributed by atoms with van der Waals surface area (Å²) >= 11 is 0. The largest absolute Gasteiger partial charge is 0.388 e. The molecule has 0 bridgehead atoms. The minimum absolute atomic E-state index is 0.0216. The van der Waals surface area contributed by atoms with Gasteiger partial charge in [-0.2, -0.15) is 5.10 Å². The molecule has 1 aliphatic rings. The Morgan fingerprint density at radius 3 is 2.96 bits per heavy atom. The Morgan fingerprint density at radius 1 is 1.46 bits per heavy atom. The first-order valence-corrected chi connectivity index (χ1v) is 8.13. The van der Waals surface area contributed by atoms with Crippen LogP contribution in [0, 0.1) is 6.92 Å². The molecule has 0 aliphatic carbocycles. The van der Waals surface area contributed by atoms with Crippen LogP contribution in [0.25, 0.3) is 5.69 Å². The van der Waals surface area contributed by atoms with E-state index in [1.54, 1.807) is 11.0 Å². The number of likely N-dealkylation sites (tertiary alicyclic amines) is 1. The Labute approximate surface area is 141 Å². The van der Waals surface area contributed by atoms with Gasteiger partial charge in [-0.1, -0.05) is 12.1 Å². The molecule has 128 valence electrons. The highest BCUT2D eigenvalue weighted by atomic mass is 16.3. The number of primary amides is 1. The van der Waals surface area contributed by atoms with Gasteiger partial charge in [0.1, 0.15) is 12.7 Å². The first kappa shape index (κ1) is 16.6. The fraction of sp³-hybridized carbons (Fsp3) is 0.471. The van der Waals surface area contributed by atoms with Crippen molar-refractivity contribution >= 4 is 5.91 Å². The molecule has 7 heteroatoms. The van der Waals surface area contributed by atoms with Crippen LogP contribution >= 0.6 is 0 Å². The number of carbonyl (C=O) groups is 1. The predicted molar refractivity (Wildman–Crippen MR) is 89.4 cm³/mol. The number of aliphatic hydroxyl groups is 1. The minimum Gasteiger partial charge on any atom is -0.388 e. The summed E-state index contributed by atoms with van der Waals surface area (Å²) in [6.45, 7) is 4.16. The average Bonchev–Trinajstić information content (AvgIpc) is 3.00. The van der Waals surface area contributed by atoms with Crippen molar-refractivity contribution in [2.24, 2.45) is 5.73 Å². The minimum atomic E-state index is -1.00. The van der Waals surface area contributed by atoms with E-state index in [0.717, 1.165) is 30.8 Å². The lowest BCUT2D eigenvalue weighted by atomic mass is 9.89. The van der Waals surface area contributed by atoms with E-state index in [2.05, 4.69) is 27.1 Å². The van der Waals surface area contributed by atoms with Crippen LogP contribution < -0.4 is 5.73 Å². The molecule has 1 amide bonds. The molecule has 3 N–H and O–H groups in total. The fourth-order valence-corrected chi connectivity index (χ4v) is 3.47. The molecule has 1 fully saturated rings. The SMILES string of the molecule is Cc1cc(CN2CCCC(O)(CC(N)=O)C2)ccc1-n1cncn1. The summed E-state index contributed by atoms with van der Waals surface area (Å²) in [7, 11) is 0. The van der Waals surface area contributed by atoms with Gasteiger partial charge in [-0.3, -0.25) is 9.69 Å². The highest BCUT2D eigenvalue weighted by Crippen LogP contribution is 2.26. The number of carbonyl (C=O) groups excluding carboxylic acids is 1. The zero-order valence-corrected chi connectivity index (χ0v) is 13.9. The van der Waals surface area contributed by atoms with Crippen LogP contribution in [0.15, 0.2) is 30.9 Å². The molecule has 1 aromatic heterocycles. The molecule has 1 atom stereocenters. The van der Waals surface area contributed by atoms with Crippen molar-refractivity contribution in [3.05, 3.63) is 42.0 Å². The number of aryl methyl sites for hydroxylation is 1. The molecule has 0 radical (unpaired) electrons. The molecule has 1 aliphatic heterocycles. The zero-order valence-electron chi connectivity index (χ0n) is 13.9. The molecule has 1 unspecified atom stereocenters. The van der Waals surface area contributed by atoms with Crippen molar-refractivity contribution in [3.63, 3.8) is 0 Å². The van der Waals surface area contributed by atoms with Crippen LogP contribution in [0.2, 0.25) is 0 Å². The standard InChI is InChI=1S/C17H23N5O2/c1-13-7-14(3-4-15(13)22-12-19-11-20-22)9-21-6-2-5-17(24,10-21)8-16(18)23/h3-4,7,11-12,24H,2,5-6,8-10H2,1H3,(H2,18,23). The summed E-state index contributed by atoms with van der Waals surface area (Å²) in [6, 6.07) is 6.21. The van der Waals surface area contributed by atoms with Crippen LogP contribution in [0.3, 0.4) is 0 Å². The van der Waals surface area contributed by atoms with Gasteiger partial charge in [0, 0.05) is 13.1 Å². The summed E-state index contributed by atoms with van der Waals surface area (Å²) in [5, 5.41) is 14.7. The van der Waals surface area contributed by atoms with E-state index >= 15 is 0 Å². The van der Waals surface area contributed by atoms with E-state index in [1.165, 1.54) is 11.9 Å². The third kappa shape index (κ3) is 3.80. The summed E-state index contributed by atoms with van der Waals surface area (Å²) in [5.41, 5.74) is 7.54. The quantitative estimate of drug-likeness (QED) is 0.845. The maximum absolute atomic E-state index is 11.2. The summed E-state index contributed by atoms with van der Waals surface area (Å²) < 4.78 is 1.74. The molecule has 3 rings (SSSR count). The smallest absolute Gasteiger partial charge is 0.220 e. The third-order valence-electron chi connectivity index (χ3n) is 4.47. The van der Waals surface area contributed by atoms with E-state index < -0.39 is 11.5 Å². The van der Waals surface area contributed by atoms with Gasteiger partial charge in [-0.25, -0.2) is 9.67 Å². The van der Waals surface area contributed by atoms with Crippen LogP contribution in [0.4, 0.5) is 0 Å². The summed E-state index contributed by atoms with van der Waals surface area (Å²) in [5.74, 6) is -0.452. The maximum Gasteiger partial charge on any atom is 0.220 e. The van der Waals surface area contributed by atoms with Crippen molar-refractivity contribution in [2.45, 2.75) is 38.3 Å². The summed E-state index contributed by atoms with van der Waals surface area (Å²) in [6.07, 6.45) is 4.70. The van der Waals surface area contributed by atoms with Crippen LogP contribution in [-0.2, 0) is 11.3 Å². The number of rotatable bonds is 5. The number of hydrogen-bond donors (Lipinski definition) is 2. The zero-order chi connectivity index (χ0) is 17.2. The Bertz CT molecular complexity index is 716. The number of nitrogens with zero attached hydrogens (tertiary/aromatic N) is 4. The van der Waals surface area contributed by atoms with Crippen LogP contribution in [0.5, 0.6) is 0 Å². The second-order valence-corrected chi connectivity index (χ2v) is 6.64. The van der Waals surface area contributed by atoms with Crippen LogP contribution in [-0.4, -0.2) is 49.4 Å². The molecule has 0 saturated carbocycles. The van der Waals surface area contributed by atoms with Gasteiger partial charge < -0.3 is 10.8 Å². The molecular formula is C17H23N5O2. The van der Waals surface area contributed by atoms with Gasteiger partial charge in [0.15, 0.2) is 0 Å². The highest BCUT2D eigenvalue weighted by Gasteiger charge is 2.34. The van der Waals surface area contributed by atoms with Gasteiger partial charge in [0.05, 0.1) is 17.7 Å². The fourth-order valence-electron chi connectivity index (χ4n) is 3.47. The Kier molecular flexibility index (Phi) is 4.64. The van der Waals surface area contributed by atoms with Crippen molar-refractivity contribution in [3.8, 4) is 5.69 Å². The number of hydrogen-bond acceptors (Lipinski definition) is 5. The Hall–Kier alpha value is -2.25. The molecule has 1 saturated heterocycles. The lowest BCUT2D eigenvalue weighted by Gasteiger charge is -2.38. The molecule has 2 aromatic rings. The van der Waals surface area contributed by atoms with Crippen LogP contribution in [0.1, 0.15) is 30.4 Å². The highest BCUT2D eigenvalue weighted by molar-refractivity contribution is 5.75. The van der Waals surface area contributed by atoms with E-state index in [4.69, 9.17) is 5.73 Å². The van der Waals surface area contributed by atoms with Gasteiger partial charge >= 0.3 is 0 Å². The van der Waals surface area contributed by atoms with E-state index in [9.17, 15) is 9.90 Å². The first-order valence-electron chi connectivity index (χ1n) is 8.13. The molecular weight excluding hydrogens is 306 g/mol. The molecule has 2 heterocycles. The van der Waals surface area contributed by atoms with Gasteiger partial charge in [-0.05, 0) is 43.5 Å². The Morgan fingerprint density at radius 2 is 2.29 bits per heavy atom. The molecule has 1 aromatic carbocycles. The second kappa shape index (κ2) is 6.70. The normalized spacial score (nSPS) is 21.8. The van der Waals surface area contributed by atoms with Gasteiger partial charge in [-0.15, -0.1) is 0 Å². The monoisotopic (exact) mass is 329 g/mol. The number of aromatic nitrogens is 3. The third-order valence-corrected chi connectivity index (χ3v) is 4.47. The number of piperidine rings is 1. The first-order chi connectivity index (χ1) is 11.5. The van der Waals surface area contributed by atoms with Gasteiger partial charge in [0.25, 0.3) is 0 Å². The predicted octanol–water partition coefficient (Wildman–Crippen LogP) is 0.778. The Balaban J connectivity index is 1.70. The number of amides is 1. The molecule has 24 heavy (non-hydrogen) atoms. The number of β-amino-alcohol motifs (C(OH)–C–C–N with tert-alkyl or cyclic N) is 1. The van der Waals surface area contributed by atoms with Crippen molar-refractivity contribution in [1.82, 2.24) is 19.7 Å². The number of benzene rings is 1. The second-order valence-electron chi connectivity index (χ2n) is 6.64. The van der Waals surface area contributed by atoms with Crippen molar-refractivity contribution in [2.75, 3.05) is 13.1 Å². The topological polar surface area (TPSA) is 97.3 Å². The van der Waals surface area contributed by atoms with E-state index in [1.807, 2.05) is 13.0 Å². The van der Waals surface area contributed by atoms with Crippen molar-refractivity contribution < 1.29 is 9.90 Å². The van der Waals surface area contributed by atoms with E-state index in [-0.39, 0.29) is 6.42 Å². The lowest BCUT2D eigenvalue weighted by molar-refractivity contribution is -0.125. The summed E-state index contributed by atoms with van der Waals surface area (Å²) in [4.78, 5) is 17.3. The van der Waals surface area contributed by atoms with E-state index in [0.29, 0.717) is 13.0 Å². The number of nitrogens with two attached hydrogens (primary N) is 1. The average molecular weight is 329 g/mol. The maximum atomic E-state index is 11.2. The lowest BCUT2D eigenvalue weighted by Crippen LogP contribution is -2.49. The molecule has 0 spiro atoms. The van der Waals surface area contributed by atoms with Gasteiger partial charge in [0.2, 0.25) is 5.91 Å². The van der Waals surface area contributed by atoms with Crippen molar-refractivity contribution in [1.29, 1.82) is 0 Å². The molecule has 7 nitrogen and oxygen atoms in total.